The first kappa shape index (κ1) is 17.2. The van der Waals surface area contributed by atoms with Crippen LogP contribution in [0.5, 0.6) is 0 Å². The number of carbonyl (C=O) groups is 1. The maximum absolute atomic E-state index is 12.2. The third-order valence-electron chi connectivity index (χ3n) is 4.28. The number of hydrogen-bond acceptors (Lipinski definition) is 7. The predicted octanol–water partition coefficient (Wildman–Crippen LogP) is 1.90. The average Bonchev–Trinajstić information content (AvgIpc) is 3.24. The van der Waals surface area contributed by atoms with Crippen LogP contribution in [0.15, 0.2) is 53.2 Å². The molecule has 0 bridgehead atoms. The predicted molar refractivity (Wildman–Crippen MR) is 98.2 cm³/mol. The summed E-state index contributed by atoms with van der Waals surface area (Å²) >= 11 is 0. The molecule has 3 heterocycles. The highest BCUT2D eigenvalue weighted by atomic mass is 16.5. The Labute approximate surface area is 156 Å². The van der Waals surface area contributed by atoms with Crippen molar-refractivity contribution in [3.8, 4) is 11.4 Å². The van der Waals surface area contributed by atoms with Gasteiger partial charge in [0.15, 0.2) is 0 Å². The van der Waals surface area contributed by atoms with Gasteiger partial charge in [-0.05, 0) is 36.4 Å². The van der Waals surface area contributed by atoms with Gasteiger partial charge in [0.2, 0.25) is 5.82 Å². The maximum atomic E-state index is 12.2. The molecule has 1 aromatic carbocycles. The van der Waals surface area contributed by atoms with Gasteiger partial charge in [0.05, 0.1) is 25.5 Å². The summed E-state index contributed by atoms with van der Waals surface area (Å²) in [5.74, 6) is -0.117. The van der Waals surface area contributed by atoms with E-state index in [-0.39, 0.29) is 5.89 Å². The minimum atomic E-state index is -0.427. The van der Waals surface area contributed by atoms with E-state index in [1.807, 2.05) is 42.5 Å². The highest BCUT2D eigenvalue weighted by Gasteiger charge is 2.17. The summed E-state index contributed by atoms with van der Waals surface area (Å²) in [4.78, 5) is 22.8. The van der Waals surface area contributed by atoms with Crippen molar-refractivity contribution in [2.45, 2.75) is 6.54 Å². The molecule has 1 aliphatic rings. The first-order valence-corrected chi connectivity index (χ1v) is 8.74. The summed E-state index contributed by atoms with van der Waals surface area (Å²) in [6, 6.07) is 13.4. The zero-order valence-electron chi connectivity index (χ0n) is 14.7. The minimum Gasteiger partial charge on any atom is -0.378 e. The van der Waals surface area contributed by atoms with E-state index in [2.05, 4.69) is 25.3 Å². The first-order valence-electron chi connectivity index (χ1n) is 8.74. The zero-order chi connectivity index (χ0) is 18.5. The molecule has 1 saturated heterocycles. The van der Waals surface area contributed by atoms with Crippen molar-refractivity contribution in [1.82, 2.24) is 20.4 Å². The van der Waals surface area contributed by atoms with E-state index in [0.717, 1.165) is 43.2 Å². The zero-order valence-corrected chi connectivity index (χ0v) is 14.7. The van der Waals surface area contributed by atoms with E-state index in [1.54, 1.807) is 6.20 Å². The topological polar surface area (TPSA) is 93.4 Å². The van der Waals surface area contributed by atoms with E-state index in [4.69, 9.17) is 9.26 Å². The third kappa shape index (κ3) is 4.12. The number of amides is 1. The van der Waals surface area contributed by atoms with Crippen molar-refractivity contribution in [2.24, 2.45) is 0 Å². The van der Waals surface area contributed by atoms with Crippen molar-refractivity contribution in [3.05, 3.63) is 60.2 Å². The van der Waals surface area contributed by atoms with Gasteiger partial charge in [-0.2, -0.15) is 4.98 Å². The molecule has 1 fully saturated rings. The summed E-state index contributed by atoms with van der Waals surface area (Å²) in [6.45, 7) is 3.53. The first-order chi connectivity index (χ1) is 13.3. The molecule has 2 aromatic heterocycles. The summed E-state index contributed by atoms with van der Waals surface area (Å²) in [5, 5.41) is 6.62. The summed E-state index contributed by atoms with van der Waals surface area (Å²) in [5.41, 5.74) is 2.67. The molecular formula is C19H19N5O3. The fraction of sp³-hybridized carbons (Fsp3) is 0.263. The SMILES string of the molecule is O=C(NCc1ccccn1)c1nc(-c2ccc(N3CCOCC3)cc2)no1. The highest BCUT2D eigenvalue weighted by Crippen LogP contribution is 2.22. The van der Waals surface area contributed by atoms with Crippen molar-refractivity contribution in [2.75, 3.05) is 31.2 Å². The lowest BCUT2D eigenvalue weighted by molar-refractivity contribution is 0.0906. The minimum absolute atomic E-state index is 0.0711. The normalized spacial score (nSPS) is 14.1. The van der Waals surface area contributed by atoms with Crippen LogP contribution < -0.4 is 10.2 Å². The lowest BCUT2D eigenvalue weighted by Crippen LogP contribution is -2.36. The Kier molecular flexibility index (Phi) is 5.06. The lowest BCUT2D eigenvalue weighted by Gasteiger charge is -2.28. The second kappa shape index (κ2) is 7.96. The van der Waals surface area contributed by atoms with Crippen LogP contribution in [0.1, 0.15) is 16.4 Å². The average molecular weight is 365 g/mol. The van der Waals surface area contributed by atoms with Crippen molar-refractivity contribution in [3.63, 3.8) is 0 Å². The summed E-state index contributed by atoms with van der Waals surface area (Å²) in [6.07, 6.45) is 1.67. The number of rotatable bonds is 5. The van der Waals surface area contributed by atoms with Crippen molar-refractivity contribution < 1.29 is 14.1 Å². The van der Waals surface area contributed by atoms with Gasteiger partial charge in [-0.15, -0.1) is 0 Å². The standard InChI is InChI=1S/C19H19N5O3/c25-18(21-13-15-3-1-2-8-20-15)19-22-17(23-27-19)14-4-6-16(7-5-14)24-9-11-26-12-10-24/h1-8H,9-13H2,(H,21,25). The molecule has 8 heteroatoms. The van der Waals surface area contributed by atoms with E-state index in [1.165, 1.54) is 0 Å². The molecule has 0 unspecified atom stereocenters. The van der Waals surface area contributed by atoms with Gasteiger partial charge < -0.3 is 19.5 Å². The molecule has 0 atom stereocenters. The summed E-state index contributed by atoms with van der Waals surface area (Å²) in [7, 11) is 0. The monoisotopic (exact) mass is 365 g/mol. The van der Waals surface area contributed by atoms with Gasteiger partial charge in [0.25, 0.3) is 0 Å². The quantitative estimate of drug-likeness (QED) is 0.738. The van der Waals surface area contributed by atoms with Gasteiger partial charge in [-0.25, -0.2) is 0 Å². The van der Waals surface area contributed by atoms with Gasteiger partial charge in [-0.1, -0.05) is 11.2 Å². The molecule has 4 rings (SSSR count). The number of nitrogens with one attached hydrogen (secondary N) is 1. The van der Waals surface area contributed by atoms with Crippen LogP contribution in [-0.4, -0.2) is 47.3 Å². The number of benzene rings is 1. The molecular weight excluding hydrogens is 346 g/mol. The van der Waals surface area contributed by atoms with Crippen molar-refractivity contribution in [1.29, 1.82) is 0 Å². The molecule has 0 radical (unpaired) electrons. The number of aromatic nitrogens is 3. The number of carbonyl (C=O) groups excluding carboxylic acids is 1. The number of pyridine rings is 1. The largest absolute Gasteiger partial charge is 0.378 e. The molecule has 0 aliphatic carbocycles. The molecule has 0 saturated carbocycles. The van der Waals surface area contributed by atoms with Crippen LogP contribution in [-0.2, 0) is 11.3 Å². The number of nitrogens with zero attached hydrogens (tertiary/aromatic N) is 4. The van der Waals surface area contributed by atoms with E-state index in [0.29, 0.717) is 12.4 Å². The van der Waals surface area contributed by atoms with Crippen molar-refractivity contribution >= 4 is 11.6 Å². The molecule has 27 heavy (non-hydrogen) atoms. The van der Waals surface area contributed by atoms with Crippen LogP contribution in [0.4, 0.5) is 5.69 Å². The second-order valence-electron chi connectivity index (χ2n) is 6.07. The molecule has 138 valence electrons. The van der Waals surface area contributed by atoms with E-state index < -0.39 is 5.91 Å². The van der Waals surface area contributed by atoms with Crippen LogP contribution in [0, 0.1) is 0 Å². The number of hydrogen-bond donors (Lipinski definition) is 1. The Morgan fingerprint density at radius 2 is 1.93 bits per heavy atom. The summed E-state index contributed by atoms with van der Waals surface area (Å²) < 4.78 is 10.5. The van der Waals surface area contributed by atoms with Gasteiger partial charge in [-0.3, -0.25) is 9.78 Å². The highest BCUT2D eigenvalue weighted by molar-refractivity contribution is 5.89. The Morgan fingerprint density at radius 3 is 2.67 bits per heavy atom. The number of anilines is 1. The van der Waals surface area contributed by atoms with E-state index >= 15 is 0 Å². The molecule has 8 nitrogen and oxygen atoms in total. The fourth-order valence-electron chi connectivity index (χ4n) is 2.82. The van der Waals surface area contributed by atoms with Gasteiger partial charge >= 0.3 is 11.8 Å². The molecule has 1 N–H and O–H groups in total. The number of morpholine rings is 1. The molecule has 3 aromatic rings. The second-order valence-corrected chi connectivity index (χ2v) is 6.07. The number of ether oxygens (including phenoxy) is 1. The molecule has 0 spiro atoms. The van der Waals surface area contributed by atoms with Crippen LogP contribution in [0.2, 0.25) is 0 Å². The molecule has 1 aliphatic heterocycles. The lowest BCUT2D eigenvalue weighted by atomic mass is 10.2. The van der Waals surface area contributed by atoms with Crippen LogP contribution >= 0.6 is 0 Å². The van der Waals surface area contributed by atoms with E-state index in [9.17, 15) is 4.79 Å². The van der Waals surface area contributed by atoms with Crippen LogP contribution in [0.25, 0.3) is 11.4 Å². The Hall–Kier alpha value is -3.26. The smallest absolute Gasteiger partial charge is 0.316 e. The van der Waals surface area contributed by atoms with Crippen LogP contribution in [0.3, 0.4) is 0 Å². The van der Waals surface area contributed by atoms with Gasteiger partial charge in [0.1, 0.15) is 0 Å². The molecule has 1 amide bonds. The van der Waals surface area contributed by atoms with Gasteiger partial charge in [0, 0.05) is 30.5 Å². The maximum Gasteiger partial charge on any atom is 0.316 e. The fourth-order valence-corrected chi connectivity index (χ4v) is 2.82. The Balaban J connectivity index is 1.40. The Morgan fingerprint density at radius 1 is 1.11 bits per heavy atom. The third-order valence-corrected chi connectivity index (χ3v) is 4.28. The Bertz CT molecular complexity index is 889.